The summed E-state index contributed by atoms with van der Waals surface area (Å²) in [5, 5.41) is 0. The van der Waals surface area contributed by atoms with E-state index >= 15 is 0 Å². The van der Waals surface area contributed by atoms with Crippen LogP contribution in [-0.2, 0) is 9.31 Å². The molecule has 0 bridgehead atoms. The molecular formula is C11H14BF2NO2. The average molecular weight is 241 g/mol. The highest BCUT2D eigenvalue weighted by Gasteiger charge is 2.39. The average Bonchev–Trinajstić information content (AvgIpc) is 2.13. The Labute approximate surface area is 99.3 Å². The second-order valence-electron chi connectivity index (χ2n) is 4.87. The molecule has 0 aliphatic carbocycles. The Kier molecular flexibility index (Phi) is 3.18. The molecule has 2 heterocycles. The maximum absolute atomic E-state index is 13.5. The summed E-state index contributed by atoms with van der Waals surface area (Å²) in [5.74, 6) is -1.74. The smallest absolute Gasteiger partial charge is 0.405 e. The van der Waals surface area contributed by atoms with Gasteiger partial charge in [0.05, 0.1) is 5.60 Å². The summed E-state index contributed by atoms with van der Waals surface area (Å²) in [6.45, 7) is 5.72. The van der Waals surface area contributed by atoms with Gasteiger partial charge in [-0.15, -0.1) is 0 Å². The van der Waals surface area contributed by atoms with Crippen molar-refractivity contribution in [2.75, 3.05) is 0 Å². The van der Waals surface area contributed by atoms with Gasteiger partial charge in [-0.2, -0.15) is 13.8 Å². The van der Waals surface area contributed by atoms with Gasteiger partial charge in [0.2, 0.25) is 11.9 Å². The summed E-state index contributed by atoms with van der Waals surface area (Å²) in [7, 11) is -0.832. The maximum Gasteiger partial charge on any atom is 0.499 e. The zero-order valence-corrected chi connectivity index (χ0v) is 10.0. The molecule has 3 nitrogen and oxygen atoms in total. The van der Waals surface area contributed by atoms with Crippen molar-refractivity contribution in [3.05, 3.63) is 24.0 Å². The number of halogens is 2. The van der Waals surface area contributed by atoms with Crippen molar-refractivity contribution in [1.29, 1.82) is 0 Å². The standard InChI is InChI=1S/C11H14BF2NO2/c1-7-6-11(2,3)17-12(16-7)8-4-5-9(13)15-10(8)14/h4-5,7H,6H2,1-3H3. The fraction of sp³-hybridized carbons (Fsp3) is 0.545. The molecule has 0 aromatic carbocycles. The van der Waals surface area contributed by atoms with Gasteiger partial charge in [-0.1, -0.05) is 6.07 Å². The van der Waals surface area contributed by atoms with Crippen LogP contribution in [0.3, 0.4) is 0 Å². The molecule has 1 saturated heterocycles. The lowest BCUT2D eigenvalue weighted by Gasteiger charge is -2.38. The normalized spacial score (nSPS) is 23.8. The van der Waals surface area contributed by atoms with Crippen LogP contribution in [0.5, 0.6) is 0 Å². The summed E-state index contributed by atoms with van der Waals surface area (Å²) in [6.07, 6.45) is 0.674. The van der Waals surface area contributed by atoms with Crippen LogP contribution in [0.1, 0.15) is 27.2 Å². The van der Waals surface area contributed by atoms with Gasteiger partial charge < -0.3 is 9.31 Å². The fourth-order valence-electron chi connectivity index (χ4n) is 2.05. The van der Waals surface area contributed by atoms with Crippen molar-refractivity contribution in [2.45, 2.75) is 38.9 Å². The Morgan fingerprint density at radius 3 is 2.71 bits per heavy atom. The SMILES string of the molecule is CC1CC(C)(C)OB(c2ccc(F)nc2F)O1. The molecule has 1 aliphatic heterocycles. The Balaban J connectivity index is 2.27. The number of aromatic nitrogens is 1. The van der Waals surface area contributed by atoms with Crippen molar-refractivity contribution in [2.24, 2.45) is 0 Å². The molecule has 0 radical (unpaired) electrons. The van der Waals surface area contributed by atoms with Gasteiger partial charge in [0, 0.05) is 11.6 Å². The molecule has 17 heavy (non-hydrogen) atoms. The van der Waals surface area contributed by atoms with Gasteiger partial charge >= 0.3 is 7.12 Å². The van der Waals surface area contributed by atoms with Gasteiger partial charge in [-0.05, 0) is 33.3 Å². The first-order valence-corrected chi connectivity index (χ1v) is 5.52. The molecule has 6 heteroatoms. The summed E-state index contributed by atoms with van der Waals surface area (Å²) in [6, 6.07) is 2.40. The van der Waals surface area contributed by atoms with Crippen LogP contribution in [-0.4, -0.2) is 23.8 Å². The fourth-order valence-corrected chi connectivity index (χ4v) is 2.05. The first-order valence-electron chi connectivity index (χ1n) is 5.52. The largest absolute Gasteiger partial charge is 0.499 e. The van der Waals surface area contributed by atoms with E-state index in [4.69, 9.17) is 9.31 Å². The highest BCUT2D eigenvalue weighted by atomic mass is 19.1. The number of nitrogens with zero attached hydrogens (tertiary/aromatic N) is 1. The summed E-state index contributed by atoms with van der Waals surface area (Å²) >= 11 is 0. The Morgan fingerprint density at radius 2 is 2.12 bits per heavy atom. The van der Waals surface area contributed by atoms with E-state index in [9.17, 15) is 8.78 Å². The van der Waals surface area contributed by atoms with E-state index < -0.39 is 24.6 Å². The highest BCUT2D eigenvalue weighted by molar-refractivity contribution is 6.61. The summed E-state index contributed by atoms with van der Waals surface area (Å²) in [5.41, 5.74) is -0.269. The lowest BCUT2D eigenvalue weighted by atomic mass is 9.75. The third-order valence-corrected chi connectivity index (χ3v) is 2.66. The Hall–Kier alpha value is -1.01. The molecule has 1 atom stereocenters. The zero-order chi connectivity index (χ0) is 12.6. The minimum Gasteiger partial charge on any atom is -0.405 e. The number of hydrogen-bond acceptors (Lipinski definition) is 3. The molecule has 2 rings (SSSR count). The predicted molar refractivity (Wildman–Crippen MR) is 59.9 cm³/mol. The number of rotatable bonds is 1. The minimum atomic E-state index is -0.889. The first kappa shape index (κ1) is 12.5. The molecule has 1 aromatic heterocycles. The van der Waals surface area contributed by atoms with Crippen molar-refractivity contribution >= 4 is 12.6 Å². The maximum atomic E-state index is 13.5. The first-order chi connectivity index (χ1) is 7.87. The molecule has 0 saturated carbocycles. The van der Waals surface area contributed by atoms with Crippen molar-refractivity contribution in [3.63, 3.8) is 0 Å². The second kappa shape index (κ2) is 4.35. The third kappa shape index (κ3) is 2.81. The molecule has 1 unspecified atom stereocenters. The predicted octanol–water partition coefficient (Wildman–Crippen LogP) is 1.66. The lowest BCUT2D eigenvalue weighted by molar-refractivity contribution is -0.0232. The van der Waals surface area contributed by atoms with E-state index in [1.54, 1.807) is 0 Å². The topological polar surface area (TPSA) is 31.4 Å². The van der Waals surface area contributed by atoms with Crippen LogP contribution in [0.25, 0.3) is 0 Å². The van der Waals surface area contributed by atoms with Crippen LogP contribution < -0.4 is 5.46 Å². The van der Waals surface area contributed by atoms with Gasteiger partial charge in [-0.3, -0.25) is 0 Å². The van der Waals surface area contributed by atoms with E-state index in [1.165, 1.54) is 6.07 Å². The zero-order valence-electron chi connectivity index (χ0n) is 10.0. The molecule has 1 fully saturated rings. The van der Waals surface area contributed by atoms with Gasteiger partial charge in [-0.25, -0.2) is 0 Å². The molecule has 0 spiro atoms. The quantitative estimate of drug-likeness (QED) is 0.553. The summed E-state index contributed by atoms with van der Waals surface area (Å²) < 4.78 is 37.3. The van der Waals surface area contributed by atoms with E-state index in [2.05, 4.69) is 4.98 Å². The van der Waals surface area contributed by atoms with Crippen molar-refractivity contribution in [1.82, 2.24) is 4.98 Å². The molecule has 0 amide bonds. The van der Waals surface area contributed by atoms with Crippen molar-refractivity contribution in [3.8, 4) is 0 Å². The van der Waals surface area contributed by atoms with E-state index in [0.29, 0.717) is 0 Å². The van der Waals surface area contributed by atoms with Crippen LogP contribution in [0.4, 0.5) is 8.78 Å². The van der Waals surface area contributed by atoms with Crippen LogP contribution in [0, 0.1) is 11.9 Å². The monoisotopic (exact) mass is 241 g/mol. The molecule has 1 aliphatic rings. The van der Waals surface area contributed by atoms with E-state index in [1.807, 2.05) is 20.8 Å². The van der Waals surface area contributed by atoms with E-state index in [0.717, 1.165) is 12.5 Å². The van der Waals surface area contributed by atoms with Gasteiger partial charge in [0.15, 0.2) is 0 Å². The Morgan fingerprint density at radius 1 is 1.41 bits per heavy atom. The van der Waals surface area contributed by atoms with Crippen LogP contribution in [0.15, 0.2) is 12.1 Å². The van der Waals surface area contributed by atoms with Gasteiger partial charge in [0.25, 0.3) is 0 Å². The second-order valence-corrected chi connectivity index (χ2v) is 4.87. The van der Waals surface area contributed by atoms with Crippen LogP contribution >= 0.6 is 0 Å². The summed E-state index contributed by atoms with van der Waals surface area (Å²) in [4.78, 5) is 3.13. The molecular weight excluding hydrogens is 227 g/mol. The van der Waals surface area contributed by atoms with Gasteiger partial charge in [0.1, 0.15) is 0 Å². The lowest BCUT2D eigenvalue weighted by Crippen LogP contribution is -2.52. The van der Waals surface area contributed by atoms with E-state index in [-0.39, 0.29) is 11.6 Å². The third-order valence-electron chi connectivity index (χ3n) is 2.66. The minimum absolute atomic E-state index is 0.0480. The Bertz CT molecular complexity index is 428. The number of pyridine rings is 1. The van der Waals surface area contributed by atoms with Crippen LogP contribution in [0.2, 0.25) is 0 Å². The number of hydrogen-bond donors (Lipinski definition) is 0. The molecule has 0 N–H and O–H groups in total. The molecule has 1 aromatic rings. The van der Waals surface area contributed by atoms with Crippen molar-refractivity contribution < 1.29 is 18.1 Å². The molecule has 92 valence electrons. The highest BCUT2D eigenvalue weighted by Crippen LogP contribution is 2.25.